The van der Waals surface area contributed by atoms with Crippen molar-refractivity contribution in [2.45, 2.75) is 25.4 Å². The lowest BCUT2D eigenvalue weighted by Gasteiger charge is -2.36. The predicted octanol–water partition coefficient (Wildman–Crippen LogP) is 3.22. The second kappa shape index (κ2) is 7.03. The van der Waals surface area contributed by atoms with Crippen LogP contribution in [0.3, 0.4) is 0 Å². The molecule has 2 N–H and O–H groups in total. The summed E-state index contributed by atoms with van der Waals surface area (Å²) in [4.78, 5) is 2.40. The van der Waals surface area contributed by atoms with Crippen LogP contribution in [-0.2, 0) is 13.0 Å². The lowest BCUT2D eigenvalue weighted by Crippen LogP contribution is -2.47. The van der Waals surface area contributed by atoms with E-state index in [2.05, 4.69) is 35.2 Å². The van der Waals surface area contributed by atoms with Gasteiger partial charge in [0.05, 0.1) is 0 Å². The molecular formula is C19H23FN2. The van der Waals surface area contributed by atoms with Crippen LogP contribution in [0.4, 0.5) is 4.39 Å². The van der Waals surface area contributed by atoms with Crippen molar-refractivity contribution in [1.82, 2.24) is 4.90 Å². The van der Waals surface area contributed by atoms with Crippen molar-refractivity contribution in [3.63, 3.8) is 0 Å². The molecule has 0 bridgehead atoms. The maximum atomic E-state index is 13.0. The first-order valence-corrected chi connectivity index (χ1v) is 7.95. The highest BCUT2D eigenvalue weighted by atomic mass is 19.1. The largest absolute Gasteiger partial charge is 0.327 e. The number of nitrogens with zero attached hydrogens (tertiary/aromatic N) is 1. The molecule has 2 aromatic rings. The van der Waals surface area contributed by atoms with Crippen LogP contribution in [-0.4, -0.2) is 24.0 Å². The van der Waals surface area contributed by atoms with E-state index in [4.69, 9.17) is 5.73 Å². The Morgan fingerprint density at radius 3 is 2.41 bits per heavy atom. The number of rotatable bonds is 4. The van der Waals surface area contributed by atoms with Crippen molar-refractivity contribution in [3.8, 4) is 0 Å². The summed E-state index contributed by atoms with van der Waals surface area (Å²) in [5.41, 5.74) is 8.77. The molecule has 0 aromatic heterocycles. The lowest BCUT2D eigenvalue weighted by atomic mass is 9.89. The zero-order valence-corrected chi connectivity index (χ0v) is 12.8. The van der Waals surface area contributed by atoms with Gasteiger partial charge in [-0.15, -0.1) is 0 Å². The van der Waals surface area contributed by atoms with Gasteiger partial charge in [0.1, 0.15) is 5.82 Å². The molecule has 22 heavy (non-hydrogen) atoms. The van der Waals surface area contributed by atoms with Crippen molar-refractivity contribution in [1.29, 1.82) is 0 Å². The summed E-state index contributed by atoms with van der Waals surface area (Å²) in [6.45, 7) is 2.82. The van der Waals surface area contributed by atoms with E-state index in [1.807, 2.05) is 12.1 Å². The molecule has 0 aliphatic carbocycles. The summed E-state index contributed by atoms with van der Waals surface area (Å²) in [5.74, 6) is 0.410. The van der Waals surface area contributed by atoms with Gasteiger partial charge >= 0.3 is 0 Å². The van der Waals surface area contributed by atoms with Crippen LogP contribution in [0, 0.1) is 11.7 Å². The Labute approximate surface area is 131 Å². The quantitative estimate of drug-likeness (QED) is 0.939. The molecule has 1 fully saturated rings. The molecule has 3 heteroatoms. The molecule has 1 saturated heterocycles. The fourth-order valence-electron chi connectivity index (χ4n) is 3.42. The van der Waals surface area contributed by atoms with E-state index in [0.29, 0.717) is 5.92 Å². The SMILES string of the molecule is NC1CC(Cc2ccccc2)CN(Cc2ccc(F)cc2)C1. The summed E-state index contributed by atoms with van der Waals surface area (Å²) in [6, 6.07) is 17.6. The minimum Gasteiger partial charge on any atom is -0.327 e. The molecule has 116 valence electrons. The van der Waals surface area contributed by atoms with Gasteiger partial charge in [0.25, 0.3) is 0 Å². The van der Waals surface area contributed by atoms with E-state index < -0.39 is 0 Å². The Bertz CT molecular complexity index is 582. The van der Waals surface area contributed by atoms with Crippen molar-refractivity contribution in [2.24, 2.45) is 11.7 Å². The van der Waals surface area contributed by atoms with Crippen molar-refractivity contribution < 1.29 is 4.39 Å². The van der Waals surface area contributed by atoms with Gasteiger partial charge in [-0.2, -0.15) is 0 Å². The third-order valence-electron chi connectivity index (χ3n) is 4.33. The minimum atomic E-state index is -0.180. The number of hydrogen-bond acceptors (Lipinski definition) is 2. The summed E-state index contributed by atoms with van der Waals surface area (Å²) in [7, 11) is 0. The van der Waals surface area contributed by atoms with Crippen molar-refractivity contribution in [2.75, 3.05) is 13.1 Å². The fraction of sp³-hybridized carbons (Fsp3) is 0.368. The maximum absolute atomic E-state index is 13.0. The van der Waals surface area contributed by atoms with Crippen LogP contribution in [0.5, 0.6) is 0 Å². The summed E-state index contributed by atoms with van der Waals surface area (Å²) < 4.78 is 13.0. The zero-order chi connectivity index (χ0) is 15.4. The van der Waals surface area contributed by atoms with E-state index in [0.717, 1.165) is 38.0 Å². The van der Waals surface area contributed by atoms with Gasteiger partial charge < -0.3 is 5.73 Å². The Balaban J connectivity index is 1.62. The maximum Gasteiger partial charge on any atom is 0.123 e. The molecule has 0 spiro atoms. The monoisotopic (exact) mass is 298 g/mol. The molecule has 2 unspecified atom stereocenters. The first kappa shape index (κ1) is 15.2. The zero-order valence-electron chi connectivity index (χ0n) is 12.8. The summed E-state index contributed by atoms with van der Waals surface area (Å²) in [5, 5.41) is 0. The van der Waals surface area contributed by atoms with Gasteiger partial charge in [-0.1, -0.05) is 42.5 Å². The normalized spacial score (nSPS) is 22.6. The molecule has 2 aromatic carbocycles. The number of hydrogen-bond donors (Lipinski definition) is 1. The summed E-state index contributed by atoms with van der Waals surface area (Å²) in [6.07, 6.45) is 2.16. The molecule has 2 nitrogen and oxygen atoms in total. The molecule has 1 heterocycles. The average Bonchev–Trinajstić information content (AvgIpc) is 2.50. The van der Waals surface area contributed by atoms with Crippen LogP contribution in [0.15, 0.2) is 54.6 Å². The number of likely N-dealkylation sites (tertiary alicyclic amines) is 1. The number of benzene rings is 2. The van der Waals surface area contributed by atoms with E-state index in [1.54, 1.807) is 0 Å². The molecule has 0 saturated carbocycles. The van der Waals surface area contributed by atoms with E-state index in [9.17, 15) is 4.39 Å². The standard InChI is InChI=1S/C19H23FN2/c20-18-8-6-16(7-9-18)12-22-13-17(11-19(21)14-22)10-15-4-2-1-3-5-15/h1-9,17,19H,10-14,21H2. The first-order valence-electron chi connectivity index (χ1n) is 7.95. The van der Waals surface area contributed by atoms with Crippen LogP contribution < -0.4 is 5.73 Å². The minimum absolute atomic E-state index is 0.180. The van der Waals surface area contributed by atoms with Gasteiger partial charge in [-0.05, 0) is 42.0 Å². The second-order valence-corrected chi connectivity index (χ2v) is 6.37. The number of nitrogens with two attached hydrogens (primary N) is 1. The van der Waals surface area contributed by atoms with Gasteiger partial charge in [-0.25, -0.2) is 4.39 Å². The first-order chi connectivity index (χ1) is 10.7. The van der Waals surface area contributed by atoms with Gasteiger partial charge in [0, 0.05) is 25.7 Å². The fourth-order valence-corrected chi connectivity index (χ4v) is 3.42. The molecular weight excluding hydrogens is 275 g/mol. The molecule has 2 atom stereocenters. The van der Waals surface area contributed by atoms with Gasteiger partial charge in [0.2, 0.25) is 0 Å². The van der Waals surface area contributed by atoms with Crippen molar-refractivity contribution in [3.05, 3.63) is 71.5 Å². The molecule has 3 rings (SSSR count). The van der Waals surface area contributed by atoms with Gasteiger partial charge in [-0.3, -0.25) is 4.90 Å². The molecule has 0 amide bonds. The lowest BCUT2D eigenvalue weighted by molar-refractivity contribution is 0.149. The highest BCUT2D eigenvalue weighted by Crippen LogP contribution is 2.22. The number of piperidine rings is 1. The smallest absolute Gasteiger partial charge is 0.123 e. The summed E-state index contributed by atoms with van der Waals surface area (Å²) >= 11 is 0. The highest BCUT2D eigenvalue weighted by molar-refractivity contribution is 5.17. The predicted molar refractivity (Wildman–Crippen MR) is 87.9 cm³/mol. The average molecular weight is 298 g/mol. The Kier molecular flexibility index (Phi) is 4.86. The second-order valence-electron chi connectivity index (χ2n) is 6.37. The van der Waals surface area contributed by atoms with Crippen LogP contribution in [0.2, 0.25) is 0 Å². The van der Waals surface area contributed by atoms with Crippen molar-refractivity contribution >= 4 is 0 Å². The molecule has 0 radical (unpaired) electrons. The third kappa shape index (κ3) is 4.15. The van der Waals surface area contributed by atoms with Gasteiger partial charge in [0.15, 0.2) is 0 Å². The van der Waals surface area contributed by atoms with Crippen LogP contribution >= 0.6 is 0 Å². The van der Waals surface area contributed by atoms with Crippen LogP contribution in [0.25, 0.3) is 0 Å². The Hall–Kier alpha value is -1.71. The van der Waals surface area contributed by atoms with E-state index >= 15 is 0 Å². The third-order valence-corrected chi connectivity index (χ3v) is 4.33. The molecule has 1 aliphatic heterocycles. The van der Waals surface area contributed by atoms with Crippen LogP contribution in [0.1, 0.15) is 17.5 Å². The number of halogens is 1. The van der Waals surface area contributed by atoms with E-state index in [1.165, 1.54) is 17.7 Å². The highest BCUT2D eigenvalue weighted by Gasteiger charge is 2.25. The Morgan fingerprint density at radius 2 is 1.68 bits per heavy atom. The Morgan fingerprint density at radius 1 is 0.955 bits per heavy atom. The molecule has 1 aliphatic rings. The van der Waals surface area contributed by atoms with E-state index in [-0.39, 0.29) is 11.9 Å². The topological polar surface area (TPSA) is 29.3 Å².